The Hall–Kier alpha value is -3.42. The number of methoxy groups -OCH3 is 2. The third-order valence-electron chi connectivity index (χ3n) is 5.82. The largest absolute Gasteiger partial charge is 0.497 e. The molecule has 0 N–H and O–H groups in total. The Morgan fingerprint density at radius 1 is 1.16 bits per heavy atom. The van der Waals surface area contributed by atoms with Gasteiger partial charge < -0.3 is 14.4 Å². The van der Waals surface area contributed by atoms with E-state index in [1.807, 2.05) is 6.07 Å². The molecule has 168 valence electrons. The maximum atomic E-state index is 14.7. The summed E-state index contributed by atoms with van der Waals surface area (Å²) < 4.78 is 25.4. The van der Waals surface area contributed by atoms with Gasteiger partial charge in [0.25, 0.3) is 5.91 Å². The first-order chi connectivity index (χ1) is 15.4. The van der Waals surface area contributed by atoms with Crippen LogP contribution in [-0.4, -0.2) is 55.2 Å². The molecule has 1 saturated carbocycles. The molecule has 1 aliphatic heterocycles. The number of hydrazone groups is 1. The zero-order valence-corrected chi connectivity index (χ0v) is 18.4. The Labute approximate surface area is 186 Å². The van der Waals surface area contributed by atoms with E-state index in [2.05, 4.69) is 5.10 Å². The second kappa shape index (κ2) is 8.98. The Balaban J connectivity index is 1.66. The molecule has 1 heterocycles. The van der Waals surface area contributed by atoms with Crippen molar-refractivity contribution in [2.24, 2.45) is 11.0 Å². The number of likely N-dealkylation sites (N-methyl/N-ethyl adjacent to an activating group) is 1. The first-order valence-electron chi connectivity index (χ1n) is 10.5. The summed E-state index contributed by atoms with van der Waals surface area (Å²) in [5, 5.41) is 5.87. The summed E-state index contributed by atoms with van der Waals surface area (Å²) in [4.78, 5) is 26.9. The van der Waals surface area contributed by atoms with Gasteiger partial charge in [0.2, 0.25) is 5.91 Å². The van der Waals surface area contributed by atoms with Crippen LogP contribution in [0.3, 0.4) is 0 Å². The van der Waals surface area contributed by atoms with E-state index in [1.54, 1.807) is 51.6 Å². The summed E-state index contributed by atoms with van der Waals surface area (Å²) in [6, 6.07) is 11.1. The number of benzene rings is 2. The molecule has 0 unspecified atom stereocenters. The zero-order valence-electron chi connectivity index (χ0n) is 18.4. The number of rotatable bonds is 7. The predicted molar refractivity (Wildman–Crippen MR) is 117 cm³/mol. The van der Waals surface area contributed by atoms with E-state index in [0.717, 1.165) is 12.8 Å². The number of carbonyl (C=O) groups is 2. The van der Waals surface area contributed by atoms with Crippen molar-refractivity contribution < 1.29 is 23.5 Å². The molecule has 2 amide bonds. The first-order valence-corrected chi connectivity index (χ1v) is 10.5. The smallest absolute Gasteiger partial charge is 0.262 e. The van der Waals surface area contributed by atoms with Gasteiger partial charge >= 0.3 is 0 Å². The molecule has 2 aromatic rings. The van der Waals surface area contributed by atoms with Gasteiger partial charge in [-0.1, -0.05) is 18.2 Å². The van der Waals surface area contributed by atoms with Crippen molar-refractivity contribution in [2.75, 3.05) is 27.8 Å². The van der Waals surface area contributed by atoms with E-state index in [4.69, 9.17) is 9.47 Å². The third-order valence-corrected chi connectivity index (χ3v) is 5.82. The molecule has 0 saturated heterocycles. The number of hydrogen-bond donors (Lipinski definition) is 0. The van der Waals surface area contributed by atoms with Gasteiger partial charge in [-0.25, -0.2) is 9.40 Å². The van der Waals surface area contributed by atoms with Crippen molar-refractivity contribution in [2.45, 2.75) is 25.3 Å². The predicted octanol–water partition coefficient (Wildman–Crippen LogP) is 3.39. The Bertz CT molecular complexity index is 1070. The van der Waals surface area contributed by atoms with E-state index in [9.17, 15) is 14.0 Å². The fourth-order valence-electron chi connectivity index (χ4n) is 3.92. The molecule has 32 heavy (non-hydrogen) atoms. The number of hydrogen-bond acceptors (Lipinski definition) is 5. The minimum absolute atomic E-state index is 0.0105. The number of halogens is 1. The van der Waals surface area contributed by atoms with E-state index in [0.29, 0.717) is 34.8 Å². The maximum absolute atomic E-state index is 14.7. The SMILES string of the molecule is COc1ccc(C2=NN(C(=O)CN(C)C(=O)C3CC3)[C@@H](c3ccccc3F)C2)c(OC)c1. The van der Waals surface area contributed by atoms with Gasteiger partial charge in [-0.15, -0.1) is 0 Å². The number of amides is 2. The molecule has 4 rings (SSSR count). The molecule has 1 atom stereocenters. The van der Waals surface area contributed by atoms with Crippen LogP contribution < -0.4 is 9.47 Å². The van der Waals surface area contributed by atoms with Crippen LogP contribution in [0.4, 0.5) is 4.39 Å². The van der Waals surface area contributed by atoms with Gasteiger partial charge in [-0.05, 0) is 31.0 Å². The Kier molecular flexibility index (Phi) is 6.12. The topological polar surface area (TPSA) is 71.4 Å². The third kappa shape index (κ3) is 4.30. The van der Waals surface area contributed by atoms with Crippen LogP contribution >= 0.6 is 0 Å². The fourth-order valence-corrected chi connectivity index (χ4v) is 3.92. The monoisotopic (exact) mass is 439 g/mol. The van der Waals surface area contributed by atoms with Gasteiger partial charge in [-0.3, -0.25) is 9.59 Å². The Morgan fingerprint density at radius 2 is 1.91 bits per heavy atom. The van der Waals surface area contributed by atoms with Crippen molar-refractivity contribution in [1.82, 2.24) is 9.91 Å². The van der Waals surface area contributed by atoms with E-state index in [1.165, 1.54) is 16.0 Å². The van der Waals surface area contributed by atoms with Crippen molar-refractivity contribution in [3.8, 4) is 11.5 Å². The minimum atomic E-state index is -0.616. The standard InChI is InChI=1S/C24H26FN3O4/c1-27(24(30)15-8-9-15)14-23(29)28-21(17-6-4-5-7-19(17)25)13-20(26-28)18-11-10-16(31-2)12-22(18)32-3/h4-7,10-12,15,21H,8-9,13-14H2,1-3H3/t21-/m1/s1. The summed E-state index contributed by atoms with van der Waals surface area (Å²) in [6.45, 7) is -0.114. The highest BCUT2D eigenvalue weighted by atomic mass is 19.1. The fraction of sp³-hybridized carbons (Fsp3) is 0.375. The molecule has 0 spiro atoms. The van der Waals surface area contributed by atoms with Crippen LogP contribution in [0.2, 0.25) is 0 Å². The molecule has 2 aliphatic rings. The first kappa shape index (κ1) is 21.8. The number of nitrogens with zero attached hydrogens (tertiary/aromatic N) is 3. The van der Waals surface area contributed by atoms with Gasteiger partial charge in [0, 0.05) is 36.6 Å². The summed E-state index contributed by atoms with van der Waals surface area (Å²) in [5.41, 5.74) is 1.68. The van der Waals surface area contributed by atoms with Crippen molar-refractivity contribution in [3.05, 3.63) is 59.4 Å². The van der Waals surface area contributed by atoms with Gasteiger partial charge in [0.15, 0.2) is 0 Å². The normalized spacial score (nSPS) is 17.7. The van der Waals surface area contributed by atoms with Crippen LogP contribution in [0, 0.1) is 11.7 Å². The maximum Gasteiger partial charge on any atom is 0.262 e. The number of carbonyl (C=O) groups excluding carboxylic acids is 2. The molecule has 1 aliphatic carbocycles. The van der Waals surface area contributed by atoms with Crippen molar-refractivity contribution in [3.63, 3.8) is 0 Å². The van der Waals surface area contributed by atoms with Crippen molar-refractivity contribution in [1.29, 1.82) is 0 Å². The van der Waals surface area contributed by atoms with Crippen LogP contribution in [0.15, 0.2) is 47.6 Å². The quantitative estimate of drug-likeness (QED) is 0.663. The van der Waals surface area contributed by atoms with Gasteiger partial charge in [0.05, 0.1) is 26.0 Å². The summed E-state index contributed by atoms with van der Waals surface area (Å²) >= 11 is 0. The summed E-state index contributed by atoms with van der Waals surface area (Å²) in [6.07, 6.45) is 2.03. The lowest BCUT2D eigenvalue weighted by Crippen LogP contribution is -2.39. The average Bonchev–Trinajstić information content (AvgIpc) is 3.56. The lowest BCUT2D eigenvalue weighted by Gasteiger charge is -2.25. The molecule has 0 bridgehead atoms. The van der Waals surface area contributed by atoms with Crippen LogP contribution in [0.5, 0.6) is 11.5 Å². The molecular weight excluding hydrogens is 413 g/mol. The number of ether oxygens (including phenoxy) is 2. The van der Waals surface area contributed by atoms with E-state index >= 15 is 0 Å². The summed E-state index contributed by atoms with van der Waals surface area (Å²) in [5.74, 6) is 0.374. The highest BCUT2D eigenvalue weighted by Crippen LogP contribution is 2.37. The van der Waals surface area contributed by atoms with Crippen LogP contribution in [0.25, 0.3) is 0 Å². The molecule has 7 nitrogen and oxygen atoms in total. The van der Waals surface area contributed by atoms with E-state index < -0.39 is 11.9 Å². The molecular formula is C24H26FN3O4. The Morgan fingerprint density at radius 3 is 2.56 bits per heavy atom. The second-order valence-corrected chi connectivity index (χ2v) is 8.06. The van der Waals surface area contributed by atoms with Gasteiger partial charge in [0.1, 0.15) is 23.9 Å². The van der Waals surface area contributed by atoms with Crippen LogP contribution in [0.1, 0.15) is 36.4 Å². The highest BCUT2D eigenvalue weighted by Gasteiger charge is 2.38. The minimum Gasteiger partial charge on any atom is -0.497 e. The lowest BCUT2D eigenvalue weighted by atomic mass is 9.97. The van der Waals surface area contributed by atoms with E-state index in [-0.39, 0.29) is 24.3 Å². The van der Waals surface area contributed by atoms with Crippen LogP contribution in [-0.2, 0) is 9.59 Å². The molecule has 8 heteroatoms. The van der Waals surface area contributed by atoms with Crippen molar-refractivity contribution >= 4 is 17.5 Å². The second-order valence-electron chi connectivity index (χ2n) is 8.06. The molecule has 0 aromatic heterocycles. The molecule has 0 radical (unpaired) electrons. The molecule has 1 fully saturated rings. The summed E-state index contributed by atoms with van der Waals surface area (Å²) in [7, 11) is 4.73. The molecule has 2 aromatic carbocycles. The average molecular weight is 439 g/mol. The van der Waals surface area contributed by atoms with Gasteiger partial charge in [-0.2, -0.15) is 5.10 Å². The highest BCUT2D eigenvalue weighted by molar-refractivity contribution is 6.05. The lowest BCUT2D eigenvalue weighted by molar-refractivity contribution is -0.141. The zero-order chi connectivity index (χ0) is 22.8.